The van der Waals surface area contributed by atoms with Crippen molar-refractivity contribution in [3.63, 3.8) is 0 Å². The van der Waals surface area contributed by atoms with Gasteiger partial charge in [-0.1, -0.05) is 12.1 Å². The third-order valence-electron chi connectivity index (χ3n) is 4.94. The van der Waals surface area contributed by atoms with Crippen LogP contribution in [0.3, 0.4) is 0 Å². The summed E-state index contributed by atoms with van der Waals surface area (Å²) in [5, 5.41) is 7.72. The number of hydrogen-bond donors (Lipinski definition) is 3. The Morgan fingerprint density at radius 1 is 1.06 bits per heavy atom. The molecule has 2 aromatic carbocycles. The van der Waals surface area contributed by atoms with E-state index in [9.17, 15) is 9.59 Å². The number of imidazole rings is 1. The Labute approximate surface area is 182 Å². The fourth-order valence-electron chi connectivity index (χ4n) is 3.22. The third-order valence-corrected chi connectivity index (χ3v) is 5.82. The molecule has 0 radical (unpaired) electrons. The monoisotopic (exact) mass is 432 g/mol. The van der Waals surface area contributed by atoms with E-state index in [1.54, 1.807) is 35.6 Å². The summed E-state index contributed by atoms with van der Waals surface area (Å²) in [6.07, 6.45) is 1.89. The average Bonchev–Trinajstić information content (AvgIpc) is 3.31. The molecule has 1 aliphatic rings. The second-order valence-electron chi connectivity index (χ2n) is 7.42. The molecule has 0 atom stereocenters. The Hall–Kier alpha value is -3.65. The number of fused-ring (bicyclic) bond motifs is 1. The highest BCUT2D eigenvalue weighted by Gasteiger charge is 2.29. The van der Waals surface area contributed by atoms with Crippen LogP contribution in [0.5, 0.6) is 5.75 Å². The van der Waals surface area contributed by atoms with E-state index in [4.69, 9.17) is 4.74 Å². The number of thiophene rings is 1. The molecule has 8 heteroatoms. The number of carbonyl (C=O) groups is 2. The Morgan fingerprint density at radius 2 is 1.94 bits per heavy atom. The highest BCUT2D eigenvalue weighted by molar-refractivity contribution is 7.13. The minimum absolute atomic E-state index is 0.0336. The van der Waals surface area contributed by atoms with Gasteiger partial charge in [0.1, 0.15) is 11.6 Å². The molecule has 0 bridgehead atoms. The standard InChI is InChI=1S/C23H20N4O3S/c28-21(13-30-17-4-1-3-15(11-17)25-23(29)14-6-7-14)24-16-8-9-18-19(12-16)27-22(26-18)20-5-2-10-31-20/h1-5,8-12,14H,6-7,13H2,(H,24,28)(H,25,29)(H,26,27). The first-order valence-electron chi connectivity index (χ1n) is 10.0. The average molecular weight is 433 g/mol. The lowest BCUT2D eigenvalue weighted by Gasteiger charge is -2.09. The van der Waals surface area contributed by atoms with E-state index in [1.807, 2.05) is 35.7 Å². The molecule has 2 heterocycles. The molecule has 156 valence electrons. The molecule has 5 rings (SSSR count). The van der Waals surface area contributed by atoms with Crippen LogP contribution in [-0.2, 0) is 9.59 Å². The van der Waals surface area contributed by atoms with Crippen LogP contribution in [0.2, 0.25) is 0 Å². The highest BCUT2D eigenvalue weighted by atomic mass is 32.1. The smallest absolute Gasteiger partial charge is 0.262 e. The molecule has 2 aromatic heterocycles. The maximum atomic E-state index is 12.3. The minimum atomic E-state index is -0.273. The van der Waals surface area contributed by atoms with E-state index in [0.29, 0.717) is 17.1 Å². The number of carbonyl (C=O) groups excluding carboxylic acids is 2. The number of aromatic nitrogens is 2. The molecular weight excluding hydrogens is 412 g/mol. The number of rotatable bonds is 7. The molecule has 1 fully saturated rings. The second-order valence-corrected chi connectivity index (χ2v) is 8.37. The first kappa shape index (κ1) is 19.3. The number of anilines is 2. The lowest BCUT2D eigenvalue weighted by Crippen LogP contribution is -2.20. The zero-order valence-electron chi connectivity index (χ0n) is 16.6. The number of H-pyrrole nitrogens is 1. The van der Waals surface area contributed by atoms with Crippen LogP contribution in [-0.4, -0.2) is 28.4 Å². The molecule has 0 spiro atoms. The summed E-state index contributed by atoms with van der Waals surface area (Å²) in [7, 11) is 0. The summed E-state index contributed by atoms with van der Waals surface area (Å²) >= 11 is 1.62. The van der Waals surface area contributed by atoms with Crippen molar-refractivity contribution in [3.8, 4) is 16.5 Å². The van der Waals surface area contributed by atoms with Crippen molar-refractivity contribution in [2.75, 3.05) is 17.2 Å². The summed E-state index contributed by atoms with van der Waals surface area (Å²) in [6.45, 7) is -0.137. The molecule has 3 N–H and O–H groups in total. The zero-order chi connectivity index (χ0) is 21.2. The van der Waals surface area contributed by atoms with Gasteiger partial charge in [0.2, 0.25) is 5.91 Å². The summed E-state index contributed by atoms with van der Waals surface area (Å²) < 4.78 is 5.60. The van der Waals surface area contributed by atoms with Gasteiger partial charge in [-0.25, -0.2) is 4.98 Å². The van der Waals surface area contributed by atoms with Gasteiger partial charge in [-0.15, -0.1) is 11.3 Å². The Bertz CT molecular complexity index is 1240. The third kappa shape index (κ3) is 4.59. The van der Waals surface area contributed by atoms with E-state index in [1.165, 1.54) is 0 Å². The van der Waals surface area contributed by atoms with Gasteiger partial charge < -0.3 is 20.4 Å². The fraction of sp³-hybridized carbons (Fsp3) is 0.174. The van der Waals surface area contributed by atoms with Crippen molar-refractivity contribution in [1.29, 1.82) is 0 Å². The number of amides is 2. The second kappa shape index (κ2) is 8.23. The van der Waals surface area contributed by atoms with Crippen molar-refractivity contribution in [1.82, 2.24) is 9.97 Å². The quantitative estimate of drug-likeness (QED) is 0.396. The molecule has 0 saturated heterocycles. The van der Waals surface area contributed by atoms with Crippen LogP contribution in [0.1, 0.15) is 12.8 Å². The van der Waals surface area contributed by atoms with Crippen molar-refractivity contribution < 1.29 is 14.3 Å². The van der Waals surface area contributed by atoms with Crippen LogP contribution >= 0.6 is 11.3 Å². The van der Waals surface area contributed by atoms with Crippen molar-refractivity contribution in [3.05, 3.63) is 60.0 Å². The fourth-order valence-corrected chi connectivity index (χ4v) is 3.89. The largest absolute Gasteiger partial charge is 0.484 e. The van der Waals surface area contributed by atoms with E-state index in [-0.39, 0.29) is 24.3 Å². The topological polar surface area (TPSA) is 96.1 Å². The summed E-state index contributed by atoms with van der Waals surface area (Å²) in [5.74, 6) is 1.22. The zero-order valence-corrected chi connectivity index (χ0v) is 17.4. The molecule has 31 heavy (non-hydrogen) atoms. The lowest BCUT2D eigenvalue weighted by molar-refractivity contribution is -0.118. The van der Waals surface area contributed by atoms with Gasteiger partial charge >= 0.3 is 0 Å². The van der Waals surface area contributed by atoms with Gasteiger partial charge in [-0.05, 0) is 54.6 Å². The normalized spacial score (nSPS) is 13.2. The van der Waals surface area contributed by atoms with Gasteiger partial charge in [-0.2, -0.15) is 0 Å². The summed E-state index contributed by atoms with van der Waals surface area (Å²) in [4.78, 5) is 33.2. The number of aromatic amines is 1. The Morgan fingerprint density at radius 3 is 2.74 bits per heavy atom. The number of ether oxygens (including phenoxy) is 1. The van der Waals surface area contributed by atoms with Crippen LogP contribution in [0.15, 0.2) is 60.0 Å². The molecular formula is C23H20N4O3S. The first-order valence-corrected chi connectivity index (χ1v) is 10.9. The molecule has 0 unspecified atom stereocenters. The maximum Gasteiger partial charge on any atom is 0.262 e. The lowest BCUT2D eigenvalue weighted by atomic mass is 10.2. The van der Waals surface area contributed by atoms with E-state index < -0.39 is 0 Å². The van der Waals surface area contributed by atoms with E-state index in [0.717, 1.165) is 34.6 Å². The van der Waals surface area contributed by atoms with Gasteiger partial charge in [0, 0.05) is 23.4 Å². The van der Waals surface area contributed by atoms with Crippen LogP contribution in [0.25, 0.3) is 21.7 Å². The van der Waals surface area contributed by atoms with E-state index >= 15 is 0 Å². The molecule has 2 amide bonds. The van der Waals surface area contributed by atoms with Gasteiger partial charge in [0.05, 0.1) is 15.9 Å². The van der Waals surface area contributed by atoms with Crippen molar-refractivity contribution in [2.45, 2.75) is 12.8 Å². The molecule has 1 aliphatic carbocycles. The van der Waals surface area contributed by atoms with Crippen molar-refractivity contribution >= 4 is 45.6 Å². The minimum Gasteiger partial charge on any atom is -0.484 e. The summed E-state index contributed by atoms with van der Waals surface area (Å²) in [6, 6.07) is 16.6. The highest BCUT2D eigenvalue weighted by Crippen LogP contribution is 2.30. The van der Waals surface area contributed by atoms with E-state index in [2.05, 4.69) is 20.6 Å². The Kier molecular flexibility index (Phi) is 5.13. The van der Waals surface area contributed by atoms with Crippen LogP contribution in [0, 0.1) is 5.92 Å². The molecule has 4 aromatic rings. The SMILES string of the molecule is O=C(COc1cccc(NC(=O)C2CC2)c1)Nc1ccc2nc(-c3cccs3)[nH]c2c1. The Balaban J connectivity index is 1.19. The van der Waals surface area contributed by atoms with Gasteiger partial charge in [-0.3, -0.25) is 9.59 Å². The number of nitrogens with one attached hydrogen (secondary N) is 3. The van der Waals surface area contributed by atoms with Crippen LogP contribution in [0.4, 0.5) is 11.4 Å². The molecule has 7 nitrogen and oxygen atoms in total. The number of nitrogens with zero attached hydrogens (tertiary/aromatic N) is 1. The van der Waals surface area contributed by atoms with Crippen LogP contribution < -0.4 is 15.4 Å². The molecule has 0 aliphatic heterocycles. The van der Waals surface area contributed by atoms with Gasteiger partial charge in [0.25, 0.3) is 5.91 Å². The summed E-state index contributed by atoms with van der Waals surface area (Å²) in [5.41, 5.74) is 3.01. The maximum absolute atomic E-state index is 12.3. The predicted molar refractivity (Wildman–Crippen MR) is 121 cm³/mol. The predicted octanol–water partition coefficient (Wildman–Crippen LogP) is 4.66. The number of benzene rings is 2. The molecule has 1 saturated carbocycles. The van der Waals surface area contributed by atoms with Crippen molar-refractivity contribution in [2.24, 2.45) is 5.92 Å². The first-order chi connectivity index (χ1) is 15.1. The van der Waals surface area contributed by atoms with Gasteiger partial charge in [0.15, 0.2) is 6.61 Å². The number of hydrogen-bond acceptors (Lipinski definition) is 5.